The van der Waals surface area contributed by atoms with Gasteiger partial charge in [-0.25, -0.2) is 4.99 Å². The fourth-order valence-corrected chi connectivity index (χ4v) is 2.59. The molecule has 0 spiro atoms. The van der Waals surface area contributed by atoms with Crippen LogP contribution in [0.25, 0.3) is 6.08 Å². The zero-order valence-corrected chi connectivity index (χ0v) is 13.1. The second-order valence-corrected chi connectivity index (χ2v) is 5.74. The molecular weight excluding hydrogens is 292 g/mol. The monoisotopic (exact) mass is 310 g/mol. The Balaban J connectivity index is 1.69. The lowest BCUT2D eigenvalue weighted by Gasteiger charge is -2.13. The van der Waals surface area contributed by atoms with Crippen LogP contribution in [0.5, 0.6) is 0 Å². The fourth-order valence-electron chi connectivity index (χ4n) is 2.59. The first-order valence-corrected chi connectivity index (χ1v) is 7.58. The summed E-state index contributed by atoms with van der Waals surface area (Å²) in [6, 6.07) is 7.25. The number of aryl methyl sites for hydroxylation is 2. The number of nitrogens with zero attached hydrogens (tertiary/aromatic N) is 1. The maximum Gasteiger partial charge on any atom is 0.286 e. The van der Waals surface area contributed by atoms with Crippen LogP contribution in [-0.4, -0.2) is 18.4 Å². The molecule has 23 heavy (non-hydrogen) atoms. The SMILES string of the molecule is Cc1cc2c(cc1C)=NC(=O)C(CCNC(=O)c1ccco1)C=2. The molecule has 1 aliphatic heterocycles. The van der Waals surface area contributed by atoms with E-state index in [0.29, 0.717) is 13.0 Å². The van der Waals surface area contributed by atoms with Crippen LogP contribution < -0.4 is 15.9 Å². The number of carbonyl (C=O) groups is 2. The Hall–Kier alpha value is -2.69. The molecule has 0 fully saturated rings. The van der Waals surface area contributed by atoms with Crippen LogP contribution in [-0.2, 0) is 4.79 Å². The molecule has 1 aromatic carbocycles. The third kappa shape index (κ3) is 3.23. The number of amides is 2. The standard InChI is InChI=1S/C18H18N2O3/c1-11-8-14-10-13(17(21)20-15(14)9-12(11)2)5-6-19-18(22)16-4-3-7-23-16/h3-4,7-10,13H,5-6H2,1-2H3,(H,19,22). The van der Waals surface area contributed by atoms with Crippen molar-refractivity contribution < 1.29 is 14.0 Å². The Kier molecular flexibility index (Phi) is 4.10. The molecule has 2 amide bonds. The van der Waals surface area contributed by atoms with E-state index in [0.717, 1.165) is 16.1 Å². The molecule has 0 radical (unpaired) electrons. The molecule has 118 valence electrons. The van der Waals surface area contributed by atoms with Crippen molar-refractivity contribution in [3.63, 3.8) is 0 Å². The number of benzene rings is 1. The van der Waals surface area contributed by atoms with Crippen molar-refractivity contribution in [2.75, 3.05) is 6.54 Å². The van der Waals surface area contributed by atoms with E-state index in [-0.39, 0.29) is 23.5 Å². The number of carbonyl (C=O) groups excluding carboxylic acids is 2. The summed E-state index contributed by atoms with van der Waals surface area (Å²) in [5.74, 6) is -0.471. The van der Waals surface area contributed by atoms with Gasteiger partial charge in [0.25, 0.3) is 11.8 Å². The molecule has 0 aliphatic carbocycles. The Morgan fingerprint density at radius 2 is 2.09 bits per heavy atom. The highest BCUT2D eigenvalue weighted by atomic mass is 16.3. The minimum absolute atomic E-state index is 0.159. The highest BCUT2D eigenvalue weighted by Crippen LogP contribution is 2.10. The first kappa shape index (κ1) is 15.2. The van der Waals surface area contributed by atoms with E-state index in [9.17, 15) is 9.59 Å². The number of hydrogen-bond acceptors (Lipinski definition) is 3. The summed E-state index contributed by atoms with van der Waals surface area (Å²) in [7, 11) is 0. The van der Waals surface area contributed by atoms with Gasteiger partial charge in [0.2, 0.25) is 0 Å². The Morgan fingerprint density at radius 3 is 2.83 bits per heavy atom. The number of fused-ring (bicyclic) bond motifs is 1. The van der Waals surface area contributed by atoms with Crippen molar-refractivity contribution in [2.24, 2.45) is 10.9 Å². The summed E-state index contributed by atoms with van der Waals surface area (Å²) in [4.78, 5) is 28.1. The average Bonchev–Trinajstić information content (AvgIpc) is 3.04. The molecule has 0 bridgehead atoms. The summed E-state index contributed by atoms with van der Waals surface area (Å²) < 4.78 is 5.02. The van der Waals surface area contributed by atoms with Crippen LogP contribution in [0, 0.1) is 19.8 Å². The normalized spacial score (nSPS) is 16.3. The third-order valence-corrected chi connectivity index (χ3v) is 4.06. The third-order valence-electron chi connectivity index (χ3n) is 4.06. The maximum atomic E-state index is 12.1. The molecule has 1 unspecified atom stereocenters. The molecular formula is C18H18N2O3. The minimum atomic E-state index is -0.304. The van der Waals surface area contributed by atoms with Crippen LogP contribution in [0.1, 0.15) is 28.1 Å². The minimum Gasteiger partial charge on any atom is -0.459 e. The van der Waals surface area contributed by atoms with Crippen LogP contribution in [0.3, 0.4) is 0 Å². The predicted molar refractivity (Wildman–Crippen MR) is 85.3 cm³/mol. The van der Waals surface area contributed by atoms with Crippen LogP contribution in [0.4, 0.5) is 0 Å². The quantitative estimate of drug-likeness (QED) is 0.924. The van der Waals surface area contributed by atoms with Crippen molar-refractivity contribution in [1.82, 2.24) is 5.32 Å². The van der Waals surface area contributed by atoms with Crippen molar-refractivity contribution in [2.45, 2.75) is 20.3 Å². The van der Waals surface area contributed by atoms with Crippen molar-refractivity contribution in [3.05, 3.63) is 58.0 Å². The molecule has 1 N–H and O–H groups in total. The lowest BCUT2D eigenvalue weighted by molar-refractivity contribution is -0.120. The summed E-state index contributed by atoms with van der Waals surface area (Å²) in [5.41, 5.74) is 2.30. The first-order valence-electron chi connectivity index (χ1n) is 7.58. The molecule has 1 atom stereocenters. The number of furan rings is 1. The summed E-state index contributed by atoms with van der Waals surface area (Å²) >= 11 is 0. The van der Waals surface area contributed by atoms with Gasteiger partial charge in [-0.05, 0) is 60.9 Å². The van der Waals surface area contributed by atoms with E-state index in [4.69, 9.17) is 4.42 Å². The summed E-state index contributed by atoms with van der Waals surface area (Å²) in [5, 5.41) is 4.46. The highest BCUT2D eigenvalue weighted by Gasteiger charge is 2.19. The Morgan fingerprint density at radius 1 is 1.30 bits per heavy atom. The largest absolute Gasteiger partial charge is 0.459 e. The van der Waals surface area contributed by atoms with Gasteiger partial charge in [-0.3, -0.25) is 9.59 Å². The van der Waals surface area contributed by atoms with Crippen LogP contribution in [0.15, 0.2) is 39.9 Å². The van der Waals surface area contributed by atoms with Crippen LogP contribution in [0.2, 0.25) is 0 Å². The number of rotatable bonds is 4. The van der Waals surface area contributed by atoms with E-state index in [1.54, 1.807) is 12.1 Å². The molecule has 2 aromatic rings. The van der Waals surface area contributed by atoms with Crippen molar-refractivity contribution >= 4 is 17.9 Å². The van der Waals surface area contributed by atoms with Gasteiger partial charge in [0.05, 0.1) is 17.5 Å². The van der Waals surface area contributed by atoms with Gasteiger partial charge >= 0.3 is 0 Å². The van der Waals surface area contributed by atoms with Gasteiger partial charge in [0.15, 0.2) is 5.76 Å². The van der Waals surface area contributed by atoms with Crippen molar-refractivity contribution in [1.29, 1.82) is 0 Å². The second kappa shape index (κ2) is 6.20. The summed E-state index contributed by atoms with van der Waals surface area (Å²) in [6.07, 6.45) is 3.91. The van der Waals surface area contributed by atoms with E-state index in [1.807, 2.05) is 26.0 Å². The van der Waals surface area contributed by atoms with E-state index >= 15 is 0 Å². The lowest BCUT2D eigenvalue weighted by atomic mass is 9.98. The zero-order chi connectivity index (χ0) is 16.4. The van der Waals surface area contributed by atoms with Gasteiger partial charge in [0.1, 0.15) is 0 Å². The van der Waals surface area contributed by atoms with Gasteiger partial charge in [-0.15, -0.1) is 0 Å². The van der Waals surface area contributed by atoms with Crippen molar-refractivity contribution in [3.8, 4) is 0 Å². The Labute approximate surface area is 133 Å². The molecule has 5 heteroatoms. The lowest BCUT2D eigenvalue weighted by Crippen LogP contribution is -2.35. The first-order chi connectivity index (χ1) is 11.0. The maximum absolute atomic E-state index is 12.1. The predicted octanol–water partition coefficient (Wildman–Crippen LogP) is 1.27. The van der Waals surface area contributed by atoms with Crippen LogP contribution >= 0.6 is 0 Å². The molecule has 3 rings (SSSR count). The smallest absolute Gasteiger partial charge is 0.286 e. The second-order valence-electron chi connectivity index (χ2n) is 5.74. The average molecular weight is 310 g/mol. The Bertz CT molecular complexity index is 866. The summed E-state index contributed by atoms with van der Waals surface area (Å²) in [6.45, 7) is 4.44. The van der Waals surface area contributed by atoms with E-state index < -0.39 is 0 Å². The number of hydrogen-bond donors (Lipinski definition) is 1. The van der Waals surface area contributed by atoms with Gasteiger partial charge < -0.3 is 9.73 Å². The molecule has 0 saturated heterocycles. The van der Waals surface area contributed by atoms with E-state index in [1.165, 1.54) is 11.8 Å². The fraction of sp³-hybridized carbons (Fsp3) is 0.278. The van der Waals surface area contributed by atoms with Gasteiger partial charge in [-0.1, -0.05) is 6.08 Å². The van der Waals surface area contributed by atoms with Gasteiger partial charge in [0, 0.05) is 6.54 Å². The van der Waals surface area contributed by atoms with E-state index in [2.05, 4.69) is 16.4 Å². The molecule has 0 saturated carbocycles. The zero-order valence-electron chi connectivity index (χ0n) is 13.1. The topological polar surface area (TPSA) is 71.7 Å². The molecule has 2 heterocycles. The number of nitrogens with one attached hydrogen (secondary N) is 1. The molecule has 1 aromatic heterocycles. The molecule has 5 nitrogen and oxygen atoms in total. The molecule has 1 aliphatic rings. The highest BCUT2D eigenvalue weighted by molar-refractivity contribution is 5.91. The van der Waals surface area contributed by atoms with Gasteiger partial charge in [-0.2, -0.15) is 0 Å².